The summed E-state index contributed by atoms with van der Waals surface area (Å²) in [5.74, 6) is 0.271. The number of nitrogens with one attached hydrogen (secondary N) is 2. The van der Waals surface area contributed by atoms with Gasteiger partial charge in [0.1, 0.15) is 0 Å². The summed E-state index contributed by atoms with van der Waals surface area (Å²) in [6.45, 7) is 6.11. The number of benzene rings is 1. The van der Waals surface area contributed by atoms with E-state index in [1.165, 1.54) is 11.1 Å². The molecule has 6 nitrogen and oxygen atoms in total. The van der Waals surface area contributed by atoms with Crippen LogP contribution < -0.4 is 10.6 Å². The monoisotopic (exact) mass is 375 g/mol. The van der Waals surface area contributed by atoms with Gasteiger partial charge in [0, 0.05) is 0 Å². The highest BCUT2D eigenvalue weighted by molar-refractivity contribution is 5.93. The van der Waals surface area contributed by atoms with Crippen LogP contribution in [-0.2, 0) is 6.42 Å². The first kappa shape index (κ1) is 18.9. The van der Waals surface area contributed by atoms with Gasteiger partial charge in [0.25, 0.3) is 5.91 Å². The molecule has 4 rings (SSSR count). The molecular formula is C19H26ClN5O. The average molecular weight is 376 g/mol. The van der Waals surface area contributed by atoms with Crippen molar-refractivity contribution < 1.29 is 4.79 Å². The second-order valence-electron chi connectivity index (χ2n) is 7.28. The molecule has 1 aromatic heterocycles. The molecule has 1 aromatic carbocycles. The number of carbonyl (C=O) groups is 1. The fourth-order valence-electron chi connectivity index (χ4n) is 4.17. The normalized spacial score (nSPS) is 22.5. The van der Waals surface area contributed by atoms with Gasteiger partial charge in [0.2, 0.25) is 0 Å². The Balaban J connectivity index is 0.00000196. The summed E-state index contributed by atoms with van der Waals surface area (Å²) in [5, 5.41) is 15.0. The van der Waals surface area contributed by atoms with Gasteiger partial charge in [0.15, 0.2) is 5.69 Å². The molecule has 0 spiro atoms. The largest absolute Gasteiger partial charge is 0.343 e. The van der Waals surface area contributed by atoms with Crippen molar-refractivity contribution in [3.8, 4) is 0 Å². The van der Waals surface area contributed by atoms with Gasteiger partial charge in [-0.15, -0.1) is 17.5 Å². The quantitative estimate of drug-likeness (QED) is 0.864. The Bertz CT molecular complexity index is 784. The summed E-state index contributed by atoms with van der Waals surface area (Å²) >= 11 is 0. The van der Waals surface area contributed by atoms with Gasteiger partial charge in [0.05, 0.1) is 17.8 Å². The summed E-state index contributed by atoms with van der Waals surface area (Å²) in [4.78, 5) is 12.8. The van der Waals surface area contributed by atoms with E-state index in [2.05, 4.69) is 46.1 Å². The maximum absolute atomic E-state index is 12.8. The van der Waals surface area contributed by atoms with Crippen LogP contribution in [0.4, 0.5) is 0 Å². The third-order valence-corrected chi connectivity index (χ3v) is 5.58. The molecule has 140 valence electrons. The Hall–Kier alpha value is -1.92. The van der Waals surface area contributed by atoms with Crippen LogP contribution in [0.3, 0.4) is 0 Å². The molecule has 2 heterocycles. The topological polar surface area (TPSA) is 71.8 Å². The Morgan fingerprint density at radius 1 is 1.27 bits per heavy atom. The van der Waals surface area contributed by atoms with Crippen LogP contribution in [0.5, 0.6) is 0 Å². The average Bonchev–Trinajstić information content (AvgIpc) is 3.16. The lowest BCUT2D eigenvalue weighted by molar-refractivity contribution is 0.0921. The van der Waals surface area contributed by atoms with E-state index >= 15 is 0 Å². The first-order valence-corrected chi connectivity index (χ1v) is 9.16. The molecule has 26 heavy (non-hydrogen) atoms. The minimum absolute atomic E-state index is 0. The molecule has 0 saturated carbocycles. The standard InChI is InChI=1S/C19H25N5O.ClH/c1-12-11-14-5-3-4-6-16(14)17(12)21-19(25)18-13(2)24(23-22-18)15-7-9-20-10-8-15;/h3-6,12,15,17,20H,7-11H2,1-2H3,(H,21,25);1H. The van der Waals surface area contributed by atoms with Crippen LogP contribution in [0, 0.1) is 12.8 Å². The molecular weight excluding hydrogens is 350 g/mol. The number of carbonyl (C=O) groups excluding carboxylic acids is 1. The second-order valence-corrected chi connectivity index (χ2v) is 7.28. The van der Waals surface area contributed by atoms with Gasteiger partial charge >= 0.3 is 0 Å². The van der Waals surface area contributed by atoms with Gasteiger partial charge in [-0.1, -0.05) is 36.4 Å². The van der Waals surface area contributed by atoms with Gasteiger partial charge < -0.3 is 10.6 Å². The molecule has 2 unspecified atom stereocenters. The Kier molecular flexibility index (Phi) is 5.63. The molecule has 2 aromatic rings. The molecule has 7 heteroatoms. The first-order chi connectivity index (χ1) is 12.1. The Morgan fingerprint density at radius 3 is 2.77 bits per heavy atom. The highest BCUT2D eigenvalue weighted by atomic mass is 35.5. The lowest BCUT2D eigenvalue weighted by Crippen LogP contribution is -2.32. The van der Waals surface area contributed by atoms with E-state index < -0.39 is 0 Å². The summed E-state index contributed by atoms with van der Waals surface area (Å²) in [6, 6.07) is 8.74. The summed E-state index contributed by atoms with van der Waals surface area (Å²) in [5.41, 5.74) is 3.88. The van der Waals surface area contributed by atoms with Crippen LogP contribution in [0.15, 0.2) is 24.3 Å². The summed E-state index contributed by atoms with van der Waals surface area (Å²) < 4.78 is 1.93. The van der Waals surface area contributed by atoms with Crippen molar-refractivity contribution in [3.05, 3.63) is 46.8 Å². The van der Waals surface area contributed by atoms with Crippen LogP contribution in [-0.4, -0.2) is 34.0 Å². The lowest BCUT2D eigenvalue weighted by atomic mass is 10.0. The number of amides is 1. The maximum atomic E-state index is 12.8. The molecule has 1 aliphatic heterocycles. The molecule has 0 radical (unpaired) electrons. The zero-order valence-corrected chi connectivity index (χ0v) is 16.1. The number of hydrogen-bond donors (Lipinski definition) is 2. The molecule has 1 aliphatic carbocycles. The van der Waals surface area contributed by atoms with Gasteiger partial charge in [-0.25, -0.2) is 4.68 Å². The number of hydrogen-bond acceptors (Lipinski definition) is 4. The van der Waals surface area contributed by atoms with Crippen molar-refractivity contribution >= 4 is 18.3 Å². The van der Waals surface area contributed by atoms with Crippen molar-refractivity contribution in [2.75, 3.05) is 13.1 Å². The predicted molar refractivity (Wildman–Crippen MR) is 103 cm³/mol. The number of fused-ring (bicyclic) bond motifs is 1. The number of aromatic nitrogens is 3. The maximum Gasteiger partial charge on any atom is 0.274 e. The predicted octanol–water partition coefficient (Wildman–Crippen LogP) is 2.60. The minimum atomic E-state index is -0.119. The van der Waals surface area contributed by atoms with Crippen molar-refractivity contribution in [1.82, 2.24) is 25.6 Å². The second kappa shape index (κ2) is 7.76. The van der Waals surface area contributed by atoms with Gasteiger partial charge in [-0.2, -0.15) is 0 Å². The van der Waals surface area contributed by atoms with Crippen LogP contribution in [0.25, 0.3) is 0 Å². The smallest absolute Gasteiger partial charge is 0.274 e. The third kappa shape index (κ3) is 3.35. The molecule has 2 aliphatic rings. The number of rotatable bonds is 3. The van der Waals surface area contributed by atoms with E-state index in [1.807, 2.05) is 17.7 Å². The lowest BCUT2D eigenvalue weighted by Gasteiger charge is -2.23. The van der Waals surface area contributed by atoms with E-state index in [0.29, 0.717) is 17.7 Å². The van der Waals surface area contributed by atoms with E-state index in [-0.39, 0.29) is 24.4 Å². The fourth-order valence-corrected chi connectivity index (χ4v) is 4.17. The zero-order chi connectivity index (χ0) is 17.4. The number of piperidine rings is 1. The van der Waals surface area contributed by atoms with E-state index in [9.17, 15) is 4.79 Å². The van der Waals surface area contributed by atoms with Crippen molar-refractivity contribution in [2.24, 2.45) is 5.92 Å². The first-order valence-electron chi connectivity index (χ1n) is 9.16. The Morgan fingerprint density at radius 2 is 2.00 bits per heavy atom. The number of halogens is 1. The van der Waals surface area contributed by atoms with E-state index in [1.54, 1.807) is 0 Å². The minimum Gasteiger partial charge on any atom is -0.343 e. The summed E-state index contributed by atoms with van der Waals surface area (Å²) in [6.07, 6.45) is 3.05. The zero-order valence-electron chi connectivity index (χ0n) is 15.2. The van der Waals surface area contributed by atoms with E-state index in [4.69, 9.17) is 0 Å². The van der Waals surface area contributed by atoms with Gasteiger partial charge in [-0.3, -0.25) is 4.79 Å². The molecule has 0 bridgehead atoms. The van der Waals surface area contributed by atoms with Crippen LogP contribution in [0.1, 0.15) is 59.2 Å². The van der Waals surface area contributed by atoms with Crippen molar-refractivity contribution in [1.29, 1.82) is 0 Å². The van der Waals surface area contributed by atoms with Crippen LogP contribution in [0.2, 0.25) is 0 Å². The highest BCUT2D eigenvalue weighted by Crippen LogP contribution is 2.35. The fraction of sp³-hybridized carbons (Fsp3) is 0.526. The van der Waals surface area contributed by atoms with E-state index in [0.717, 1.165) is 38.0 Å². The third-order valence-electron chi connectivity index (χ3n) is 5.58. The SMILES string of the molecule is Cc1c(C(=O)NC2c3ccccc3CC2C)nnn1C1CCNCC1.Cl. The molecule has 1 fully saturated rings. The Labute approximate surface area is 160 Å². The number of nitrogens with zero attached hydrogens (tertiary/aromatic N) is 3. The van der Waals surface area contributed by atoms with Crippen LogP contribution >= 0.6 is 12.4 Å². The molecule has 1 saturated heterocycles. The van der Waals surface area contributed by atoms with Crippen molar-refractivity contribution in [3.63, 3.8) is 0 Å². The molecule has 2 atom stereocenters. The molecule has 2 N–H and O–H groups in total. The molecule has 1 amide bonds. The summed E-state index contributed by atoms with van der Waals surface area (Å²) in [7, 11) is 0. The van der Waals surface area contributed by atoms with Crippen molar-refractivity contribution in [2.45, 2.75) is 45.2 Å². The van der Waals surface area contributed by atoms with Gasteiger partial charge in [-0.05, 0) is 56.3 Å². The highest BCUT2D eigenvalue weighted by Gasteiger charge is 2.32.